The summed E-state index contributed by atoms with van der Waals surface area (Å²) in [6.07, 6.45) is 6.85. The molecule has 32 heavy (non-hydrogen) atoms. The van der Waals surface area contributed by atoms with Gasteiger partial charge >= 0.3 is 0 Å². The van der Waals surface area contributed by atoms with Crippen molar-refractivity contribution in [2.75, 3.05) is 50.7 Å². The van der Waals surface area contributed by atoms with E-state index in [-0.39, 0.29) is 0 Å². The van der Waals surface area contributed by atoms with Gasteiger partial charge in [-0.25, -0.2) is 0 Å². The molecule has 6 nitrogen and oxygen atoms in total. The maximum absolute atomic E-state index is 6.72. The Bertz CT molecular complexity index is 953. The van der Waals surface area contributed by atoms with Gasteiger partial charge in [0.25, 0.3) is 0 Å². The molecule has 2 aliphatic heterocycles. The van der Waals surface area contributed by atoms with Crippen LogP contribution in [0.3, 0.4) is 0 Å². The SMILES string of the molecule is CCCN(CCN1CCN(c2ccc3[nH]ccc3c2Cl)CC1)[C@H]1CCC2N=C(N)SC2C1. The molecule has 8 heteroatoms. The van der Waals surface area contributed by atoms with Gasteiger partial charge in [-0.3, -0.25) is 14.8 Å². The summed E-state index contributed by atoms with van der Waals surface area (Å²) in [5, 5.41) is 3.38. The van der Waals surface area contributed by atoms with Crippen molar-refractivity contribution < 1.29 is 0 Å². The first kappa shape index (κ1) is 22.4. The fourth-order valence-corrected chi connectivity index (χ4v) is 7.15. The summed E-state index contributed by atoms with van der Waals surface area (Å²) in [5.41, 5.74) is 8.26. The number of rotatable bonds is 7. The third-order valence-electron chi connectivity index (χ3n) is 7.39. The number of piperazine rings is 1. The van der Waals surface area contributed by atoms with Crippen LogP contribution in [0.4, 0.5) is 5.69 Å². The quantitative estimate of drug-likeness (QED) is 0.634. The number of halogens is 1. The molecule has 1 aromatic heterocycles. The second kappa shape index (κ2) is 9.84. The zero-order valence-electron chi connectivity index (χ0n) is 19.0. The van der Waals surface area contributed by atoms with Gasteiger partial charge in [0.1, 0.15) is 0 Å². The fraction of sp³-hybridized carbons (Fsp3) is 0.625. The average molecular weight is 475 g/mol. The van der Waals surface area contributed by atoms with Gasteiger partial charge in [-0.05, 0) is 50.4 Å². The molecular weight excluding hydrogens is 440 g/mol. The second-order valence-corrected chi connectivity index (χ2v) is 11.0. The van der Waals surface area contributed by atoms with Gasteiger partial charge in [-0.1, -0.05) is 30.3 Å². The Balaban J connectivity index is 1.13. The van der Waals surface area contributed by atoms with Gasteiger partial charge in [-0.2, -0.15) is 0 Å². The Morgan fingerprint density at radius 3 is 2.84 bits per heavy atom. The summed E-state index contributed by atoms with van der Waals surface area (Å²) in [4.78, 5) is 15.7. The van der Waals surface area contributed by atoms with Crippen LogP contribution in [-0.2, 0) is 0 Å². The Morgan fingerprint density at radius 1 is 1.19 bits per heavy atom. The van der Waals surface area contributed by atoms with Crippen molar-refractivity contribution in [2.45, 2.75) is 49.9 Å². The highest BCUT2D eigenvalue weighted by molar-refractivity contribution is 8.14. The lowest BCUT2D eigenvalue weighted by molar-refractivity contribution is 0.128. The largest absolute Gasteiger partial charge is 0.379 e. The summed E-state index contributed by atoms with van der Waals surface area (Å²) < 4.78 is 0. The minimum atomic E-state index is 0.463. The number of fused-ring (bicyclic) bond motifs is 2. The summed E-state index contributed by atoms with van der Waals surface area (Å²) >= 11 is 8.53. The molecule has 2 unspecified atom stereocenters. The van der Waals surface area contributed by atoms with E-state index in [4.69, 9.17) is 17.3 Å². The van der Waals surface area contributed by atoms with Crippen molar-refractivity contribution in [3.05, 3.63) is 29.4 Å². The van der Waals surface area contributed by atoms with Crippen LogP contribution in [0, 0.1) is 0 Å². The van der Waals surface area contributed by atoms with E-state index in [1.807, 2.05) is 18.0 Å². The summed E-state index contributed by atoms with van der Waals surface area (Å²) in [6.45, 7) is 10.0. The Kier molecular flexibility index (Phi) is 6.88. The number of aromatic amines is 1. The minimum absolute atomic E-state index is 0.463. The first-order chi connectivity index (χ1) is 15.6. The summed E-state index contributed by atoms with van der Waals surface area (Å²) in [6, 6.07) is 7.51. The van der Waals surface area contributed by atoms with E-state index in [1.165, 1.54) is 37.9 Å². The van der Waals surface area contributed by atoms with Crippen molar-refractivity contribution in [1.82, 2.24) is 14.8 Å². The first-order valence-electron chi connectivity index (χ1n) is 12.1. The maximum atomic E-state index is 6.72. The first-order valence-corrected chi connectivity index (χ1v) is 13.3. The van der Waals surface area contributed by atoms with Gasteiger partial charge in [0.05, 0.1) is 16.8 Å². The van der Waals surface area contributed by atoms with Crippen LogP contribution in [-0.4, -0.2) is 83.1 Å². The molecule has 1 aromatic carbocycles. The van der Waals surface area contributed by atoms with E-state index >= 15 is 0 Å². The minimum Gasteiger partial charge on any atom is -0.379 e. The van der Waals surface area contributed by atoms with E-state index < -0.39 is 0 Å². The highest BCUT2D eigenvalue weighted by Gasteiger charge is 2.37. The fourth-order valence-electron chi connectivity index (χ4n) is 5.62. The predicted octanol–water partition coefficient (Wildman–Crippen LogP) is 4.01. The second-order valence-electron chi connectivity index (χ2n) is 9.36. The number of thioether (sulfide) groups is 1. The van der Waals surface area contributed by atoms with Crippen molar-refractivity contribution >= 4 is 45.1 Å². The molecule has 2 aromatic rings. The van der Waals surface area contributed by atoms with Gasteiger partial charge in [0, 0.05) is 67.7 Å². The number of amidine groups is 1. The molecule has 5 rings (SSSR count). The highest BCUT2D eigenvalue weighted by atomic mass is 35.5. The third-order valence-corrected chi connectivity index (χ3v) is 8.94. The van der Waals surface area contributed by atoms with Crippen LogP contribution < -0.4 is 10.6 Å². The van der Waals surface area contributed by atoms with Crippen molar-refractivity contribution in [3.63, 3.8) is 0 Å². The van der Waals surface area contributed by atoms with Crippen LogP contribution in [0.25, 0.3) is 10.9 Å². The number of nitrogens with two attached hydrogens (primary N) is 1. The Morgan fingerprint density at radius 2 is 2.03 bits per heavy atom. The molecule has 3 aliphatic rings. The van der Waals surface area contributed by atoms with E-state index in [1.54, 1.807) is 0 Å². The zero-order chi connectivity index (χ0) is 22.1. The van der Waals surface area contributed by atoms with Gasteiger partial charge < -0.3 is 15.6 Å². The number of benzene rings is 1. The molecule has 1 aliphatic carbocycles. The molecule has 3 N–H and O–H groups in total. The lowest BCUT2D eigenvalue weighted by Crippen LogP contribution is -2.50. The molecule has 0 spiro atoms. The molecule has 174 valence electrons. The van der Waals surface area contributed by atoms with Crippen molar-refractivity contribution in [1.29, 1.82) is 0 Å². The Labute approximate surface area is 200 Å². The monoisotopic (exact) mass is 474 g/mol. The molecule has 0 bridgehead atoms. The van der Waals surface area contributed by atoms with E-state index in [0.29, 0.717) is 17.3 Å². The number of aromatic nitrogens is 1. The lowest BCUT2D eigenvalue weighted by Gasteiger charge is -2.40. The number of H-pyrrole nitrogens is 1. The van der Waals surface area contributed by atoms with Gasteiger partial charge in [-0.15, -0.1) is 0 Å². The topological polar surface area (TPSA) is 63.9 Å². The predicted molar refractivity (Wildman–Crippen MR) is 138 cm³/mol. The molecule has 0 radical (unpaired) electrons. The molecular formula is C24H35ClN6S. The van der Waals surface area contributed by atoms with E-state index in [2.05, 4.69) is 49.8 Å². The number of nitrogens with one attached hydrogen (secondary N) is 1. The summed E-state index contributed by atoms with van der Waals surface area (Å²) in [5.74, 6) is 0. The molecule has 1 saturated heterocycles. The van der Waals surface area contributed by atoms with E-state index in [0.717, 1.165) is 60.4 Å². The molecule has 3 atom stereocenters. The molecule has 0 amide bonds. The van der Waals surface area contributed by atoms with Crippen LogP contribution in [0.15, 0.2) is 29.4 Å². The molecule has 3 heterocycles. The smallest absolute Gasteiger partial charge is 0.154 e. The average Bonchev–Trinajstić information content (AvgIpc) is 3.43. The number of anilines is 1. The van der Waals surface area contributed by atoms with Gasteiger partial charge in [0.15, 0.2) is 5.17 Å². The third kappa shape index (κ3) is 4.63. The summed E-state index contributed by atoms with van der Waals surface area (Å²) in [7, 11) is 0. The maximum Gasteiger partial charge on any atom is 0.154 e. The lowest BCUT2D eigenvalue weighted by atomic mass is 9.90. The number of aliphatic imine (C=N–C) groups is 1. The number of hydrogen-bond acceptors (Lipinski definition) is 6. The van der Waals surface area contributed by atoms with E-state index in [9.17, 15) is 0 Å². The normalized spacial score (nSPS) is 26.7. The van der Waals surface area contributed by atoms with Crippen LogP contribution in [0.5, 0.6) is 0 Å². The van der Waals surface area contributed by atoms with Crippen LogP contribution in [0.1, 0.15) is 32.6 Å². The molecule has 1 saturated carbocycles. The van der Waals surface area contributed by atoms with Crippen LogP contribution >= 0.6 is 23.4 Å². The molecule has 2 fully saturated rings. The number of hydrogen-bond donors (Lipinski definition) is 2. The van der Waals surface area contributed by atoms with Crippen molar-refractivity contribution in [3.8, 4) is 0 Å². The standard InChI is InChI=1S/C24H35ClN6S/c1-2-9-30(17-3-4-20-22(16-17)32-24(26)28-20)13-10-29-11-14-31(15-12-29)21-6-5-19-18(23(21)25)7-8-27-19/h5-8,17,20,22,27H,2-4,9-16H2,1H3,(H2,26,28)/t17-,20?,22?/m0/s1. The highest BCUT2D eigenvalue weighted by Crippen LogP contribution is 2.38. The number of nitrogens with zero attached hydrogens (tertiary/aromatic N) is 4. The van der Waals surface area contributed by atoms with Crippen molar-refractivity contribution in [2.24, 2.45) is 10.7 Å². The Hall–Kier alpha value is -1.41. The zero-order valence-corrected chi connectivity index (χ0v) is 20.5. The van der Waals surface area contributed by atoms with Gasteiger partial charge in [0.2, 0.25) is 0 Å². The van der Waals surface area contributed by atoms with Crippen LogP contribution in [0.2, 0.25) is 5.02 Å².